The van der Waals surface area contributed by atoms with Crippen molar-refractivity contribution < 1.29 is 9.53 Å². The lowest BCUT2D eigenvalue weighted by molar-refractivity contribution is -0.115. The summed E-state index contributed by atoms with van der Waals surface area (Å²) in [6.45, 7) is 0. The Bertz CT molecular complexity index is 850. The Hall–Kier alpha value is -2.72. The van der Waals surface area contributed by atoms with Crippen LogP contribution < -0.4 is 9.64 Å². The lowest BCUT2D eigenvalue weighted by Gasteiger charge is -2.24. The molecule has 1 aliphatic rings. The molecule has 0 unspecified atom stereocenters. The van der Waals surface area contributed by atoms with Crippen molar-refractivity contribution in [3.63, 3.8) is 0 Å². The van der Waals surface area contributed by atoms with Crippen LogP contribution in [-0.2, 0) is 4.79 Å². The molecule has 1 saturated heterocycles. The smallest absolute Gasteiger partial charge is 0.238 e. The maximum Gasteiger partial charge on any atom is 0.238 e. The Labute approximate surface area is 151 Å². The number of carbonyl (C=O) groups excluding carboxylic acids is 1. The van der Waals surface area contributed by atoms with Crippen molar-refractivity contribution in [1.82, 2.24) is 0 Å². The number of rotatable bonds is 4. The minimum atomic E-state index is 0.000625. The number of thioether (sulfide) groups is 1. The van der Waals surface area contributed by atoms with Gasteiger partial charge in [-0.1, -0.05) is 48.5 Å². The van der Waals surface area contributed by atoms with E-state index in [0.29, 0.717) is 5.75 Å². The maximum atomic E-state index is 12.3. The third-order valence-electron chi connectivity index (χ3n) is 4.05. The number of benzene rings is 3. The van der Waals surface area contributed by atoms with Crippen LogP contribution >= 0.6 is 11.8 Å². The Morgan fingerprint density at radius 2 is 1.40 bits per heavy atom. The quantitative estimate of drug-likeness (QED) is 0.645. The molecule has 1 heterocycles. The highest BCUT2D eigenvalue weighted by Crippen LogP contribution is 2.42. The van der Waals surface area contributed by atoms with E-state index < -0.39 is 0 Å². The predicted octanol–water partition coefficient (Wildman–Crippen LogP) is 5.26. The number of nitrogens with zero attached hydrogens (tertiary/aromatic N) is 1. The van der Waals surface area contributed by atoms with Gasteiger partial charge in [-0.3, -0.25) is 9.69 Å². The summed E-state index contributed by atoms with van der Waals surface area (Å²) in [5.41, 5.74) is 2.03. The van der Waals surface area contributed by atoms with Crippen LogP contribution in [-0.4, -0.2) is 11.7 Å². The molecular formula is C21H17NO2S. The van der Waals surface area contributed by atoms with Gasteiger partial charge in [0.05, 0.1) is 5.75 Å². The van der Waals surface area contributed by atoms with Gasteiger partial charge in [0.2, 0.25) is 5.91 Å². The molecule has 3 aromatic rings. The van der Waals surface area contributed by atoms with E-state index in [4.69, 9.17) is 4.74 Å². The average molecular weight is 347 g/mol. The minimum Gasteiger partial charge on any atom is -0.457 e. The van der Waals surface area contributed by atoms with Gasteiger partial charge in [-0.2, -0.15) is 0 Å². The van der Waals surface area contributed by atoms with E-state index in [2.05, 4.69) is 0 Å². The molecule has 1 atom stereocenters. The molecule has 4 rings (SSSR count). The summed E-state index contributed by atoms with van der Waals surface area (Å²) in [6.07, 6.45) is 0. The van der Waals surface area contributed by atoms with Crippen molar-refractivity contribution in [2.45, 2.75) is 5.37 Å². The molecule has 4 heteroatoms. The fourth-order valence-electron chi connectivity index (χ4n) is 2.86. The molecule has 3 aromatic carbocycles. The number of para-hydroxylation sites is 2. The molecule has 1 aliphatic heterocycles. The predicted molar refractivity (Wildman–Crippen MR) is 102 cm³/mol. The second-order valence-electron chi connectivity index (χ2n) is 5.75. The summed E-state index contributed by atoms with van der Waals surface area (Å²) >= 11 is 1.65. The van der Waals surface area contributed by atoms with Gasteiger partial charge in [0.1, 0.15) is 16.9 Å². The van der Waals surface area contributed by atoms with Crippen LogP contribution in [0, 0.1) is 0 Å². The van der Waals surface area contributed by atoms with Crippen LogP contribution in [0.2, 0.25) is 0 Å². The van der Waals surface area contributed by atoms with Crippen LogP contribution in [0.3, 0.4) is 0 Å². The first-order chi connectivity index (χ1) is 12.3. The van der Waals surface area contributed by atoms with Crippen molar-refractivity contribution in [1.29, 1.82) is 0 Å². The van der Waals surface area contributed by atoms with Gasteiger partial charge in [0.15, 0.2) is 0 Å². The number of hydrogen-bond donors (Lipinski definition) is 0. The number of anilines is 1. The van der Waals surface area contributed by atoms with Crippen LogP contribution in [0.4, 0.5) is 5.69 Å². The van der Waals surface area contributed by atoms with E-state index in [1.807, 2.05) is 89.8 Å². The fraction of sp³-hybridized carbons (Fsp3) is 0.0952. The highest BCUT2D eigenvalue weighted by molar-refractivity contribution is 8.00. The topological polar surface area (TPSA) is 29.5 Å². The highest BCUT2D eigenvalue weighted by Gasteiger charge is 2.33. The van der Waals surface area contributed by atoms with Gasteiger partial charge in [0.25, 0.3) is 0 Å². The van der Waals surface area contributed by atoms with E-state index in [-0.39, 0.29) is 11.3 Å². The molecule has 0 N–H and O–H groups in total. The Balaban J connectivity index is 1.56. The van der Waals surface area contributed by atoms with E-state index in [9.17, 15) is 4.79 Å². The molecule has 0 bridgehead atoms. The number of carbonyl (C=O) groups is 1. The van der Waals surface area contributed by atoms with Crippen LogP contribution in [0.1, 0.15) is 10.9 Å². The molecule has 3 nitrogen and oxygen atoms in total. The van der Waals surface area contributed by atoms with E-state index in [1.165, 1.54) is 0 Å². The first kappa shape index (κ1) is 15.8. The zero-order chi connectivity index (χ0) is 17.1. The molecule has 1 fully saturated rings. The summed E-state index contributed by atoms with van der Waals surface area (Å²) in [5.74, 6) is 2.25. The van der Waals surface area contributed by atoms with Gasteiger partial charge < -0.3 is 4.74 Å². The largest absolute Gasteiger partial charge is 0.457 e. The minimum absolute atomic E-state index is 0.000625. The second kappa shape index (κ2) is 7.03. The van der Waals surface area contributed by atoms with Gasteiger partial charge in [-0.05, 0) is 42.0 Å². The summed E-state index contributed by atoms with van der Waals surface area (Å²) in [7, 11) is 0. The third kappa shape index (κ3) is 3.39. The van der Waals surface area contributed by atoms with Crippen LogP contribution in [0.15, 0.2) is 84.9 Å². The Morgan fingerprint density at radius 3 is 2.08 bits per heavy atom. The van der Waals surface area contributed by atoms with Crippen LogP contribution in [0.25, 0.3) is 0 Å². The Kier molecular flexibility index (Phi) is 4.44. The standard InChI is InChI=1S/C21H17NO2S/c23-20-15-25-21(22(20)17-7-3-1-4-8-17)16-11-13-19(14-12-16)24-18-9-5-2-6-10-18/h1-14,21H,15H2/t21-/m0/s1. The van der Waals surface area contributed by atoms with Crippen LogP contribution in [0.5, 0.6) is 11.5 Å². The molecule has 25 heavy (non-hydrogen) atoms. The summed E-state index contributed by atoms with van der Waals surface area (Å²) in [5, 5.41) is 0.000625. The van der Waals surface area contributed by atoms with E-state index in [1.54, 1.807) is 11.8 Å². The SMILES string of the molecule is O=C1CS[C@@H](c2ccc(Oc3ccccc3)cc2)N1c1ccccc1. The van der Waals surface area contributed by atoms with Gasteiger partial charge in [-0.25, -0.2) is 0 Å². The first-order valence-electron chi connectivity index (χ1n) is 8.13. The third-order valence-corrected chi connectivity index (χ3v) is 5.26. The van der Waals surface area contributed by atoms with Crippen molar-refractivity contribution in [2.24, 2.45) is 0 Å². The van der Waals surface area contributed by atoms with Crippen molar-refractivity contribution >= 4 is 23.4 Å². The molecule has 0 radical (unpaired) electrons. The molecule has 0 aliphatic carbocycles. The average Bonchev–Trinajstić information content (AvgIpc) is 3.05. The highest BCUT2D eigenvalue weighted by atomic mass is 32.2. The van der Waals surface area contributed by atoms with Crippen molar-refractivity contribution in [3.8, 4) is 11.5 Å². The zero-order valence-electron chi connectivity index (χ0n) is 13.5. The Morgan fingerprint density at radius 1 is 0.800 bits per heavy atom. The van der Waals surface area contributed by atoms with E-state index in [0.717, 1.165) is 22.7 Å². The number of amides is 1. The normalized spacial score (nSPS) is 16.9. The van der Waals surface area contributed by atoms with Crippen molar-refractivity contribution in [2.75, 3.05) is 10.7 Å². The fourth-order valence-corrected chi connectivity index (χ4v) is 4.04. The summed E-state index contributed by atoms with van der Waals surface area (Å²) < 4.78 is 5.84. The maximum absolute atomic E-state index is 12.3. The van der Waals surface area contributed by atoms with Crippen molar-refractivity contribution in [3.05, 3.63) is 90.5 Å². The molecule has 0 aromatic heterocycles. The van der Waals surface area contributed by atoms with E-state index >= 15 is 0 Å². The number of hydrogen-bond acceptors (Lipinski definition) is 3. The first-order valence-corrected chi connectivity index (χ1v) is 9.18. The molecule has 1 amide bonds. The molecule has 0 spiro atoms. The zero-order valence-corrected chi connectivity index (χ0v) is 14.4. The molecule has 0 saturated carbocycles. The number of ether oxygens (including phenoxy) is 1. The van der Waals surface area contributed by atoms with Gasteiger partial charge in [-0.15, -0.1) is 11.8 Å². The van der Waals surface area contributed by atoms with Gasteiger partial charge >= 0.3 is 0 Å². The molecule has 124 valence electrons. The lowest BCUT2D eigenvalue weighted by Crippen LogP contribution is -2.27. The lowest BCUT2D eigenvalue weighted by atomic mass is 10.2. The second-order valence-corrected chi connectivity index (χ2v) is 6.82. The summed E-state index contributed by atoms with van der Waals surface area (Å²) in [6, 6.07) is 27.5. The monoisotopic (exact) mass is 347 g/mol. The molecular weight excluding hydrogens is 330 g/mol. The van der Waals surface area contributed by atoms with Gasteiger partial charge in [0, 0.05) is 5.69 Å². The summed E-state index contributed by atoms with van der Waals surface area (Å²) in [4.78, 5) is 14.2.